The zero-order valence-electron chi connectivity index (χ0n) is 19.5. The minimum absolute atomic E-state index is 0.241. The summed E-state index contributed by atoms with van der Waals surface area (Å²) < 4.78 is 11.8. The quantitative estimate of drug-likeness (QED) is 0.248. The molecule has 4 aromatic carbocycles. The molecule has 1 amide bonds. The van der Waals surface area contributed by atoms with E-state index in [1.54, 1.807) is 36.6 Å². The molecule has 0 bridgehead atoms. The normalized spacial score (nSPS) is 11.7. The number of benzene rings is 4. The second kappa shape index (κ2) is 9.69. The second-order valence-electron chi connectivity index (χ2n) is 8.32. The number of anilines is 1. The lowest BCUT2D eigenvalue weighted by Crippen LogP contribution is -2.08. The van der Waals surface area contributed by atoms with Gasteiger partial charge in [-0.05, 0) is 66.1 Å². The molecular formula is C30H24ClNO3. The molecule has 0 fully saturated rings. The zero-order chi connectivity index (χ0) is 24.4. The largest absolute Gasteiger partial charge is 0.493 e. The summed E-state index contributed by atoms with van der Waals surface area (Å²) in [6.07, 6.45) is 3.35. The molecule has 1 N–H and O–H groups in total. The van der Waals surface area contributed by atoms with Crippen molar-refractivity contribution >= 4 is 50.5 Å². The van der Waals surface area contributed by atoms with E-state index in [-0.39, 0.29) is 5.91 Å². The molecule has 0 saturated carbocycles. The third kappa shape index (κ3) is 4.79. The summed E-state index contributed by atoms with van der Waals surface area (Å²) in [4.78, 5) is 12.7. The van der Waals surface area contributed by atoms with Gasteiger partial charge in [0.25, 0.3) is 0 Å². The first-order valence-electron chi connectivity index (χ1n) is 11.4. The highest BCUT2D eigenvalue weighted by atomic mass is 35.5. The maximum atomic E-state index is 12.7. The Morgan fingerprint density at radius 2 is 1.83 bits per heavy atom. The van der Waals surface area contributed by atoms with Crippen molar-refractivity contribution in [3.05, 3.63) is 102 Å². The molecule has 5 heteroatoms. The number of amides is 1. The van der Waals surface area contributed by atoms with E-state index >= 15 is 0 Å². The summed E-state index contributed by atoms with van der Waals surface area (Å²) in [5, 5.41) is 6.74. The number of carbonyl (C=O) groups is 1. The number of nitrogens with one attached hydrogen (secondary N) is 1. The van der Waals surface area contributed by atoms with Crippen molar-refractivity contribution < 1.29 is 13.9 Å². The van der Waals surface area contributed by atoms with Crippen molar-refractivity contribution in [1.82, 2.24) is 0 Å². The van der Waals surface area contributed by atoms with Gasteiger partial charge >= 0.3 is 0 Å². The van der Waals surface area contributed by atoms with E-state index < -0.39 is 0 Å². The molecule has 5 rings (SSSR count). The van der Waals surface area contributed by atoms with Gasteiger partial charge in [-0.15, -0.1) is 0 Å². The zero-order valence-corrected chi connectivity index (χ0v) is 20.2. The Hall–Kier alpha value is -4.02. The van der Waals surface area contributed by atoms with E-state index in [2.05, 4.69) is 35.6 Å². The van der Waals surface area contributed by atoms with E-state index in [4.69, 9.17) is 20.8 Å². The fourth-order valence-corrected chi connectivity index (χ4v) is 4.43. The summed E-state index contributed by atoms with van der Waals surface area (Å²) in [7, 11) is 0. The smallest absolute Gasteiger partial charge is 0.248 e. The molecule has 4 nitrogen and oxygen atoms in total. The molecule has 0 radical (unpaired) electrons. The number of halogens is 1. The average Bonchev–Trinajstić information content (AvgIpc) is 3.26. The lowest BCUT2D eigenvalue weighted by atomic mass is 9.97. The van der Waals surface area contributed by atoms with Gasteiger partial charge in [0.05, 0.1) is 12.9 Å². The van der Waals surface area contributed by atoms with Crippen LogP contribution in [0.3, 0.4) is 0 Å². The monoisotopic (exact) mass is 481 g/mol. The van der Waals surface area contributed by atoms with Gasteiger partial charge in [0.15, 0.2) is 0 Å². The summed E-state index contributed by atoms with van der Waals surface area (Å²) in [5.41, 5.74) is 5.05. The number of rotatable bonds is 6. The van der Waals surface area contributed by atoms with Crippen LogP contribution in [0.15, 0.2) is 95.6 Å². The predicted molar refractivity (Wildman–Crippen MR) is 144 cm³/mol. The highest BCUT2D eigenvalue weighted by Crippen LogP contribution is 2.38. The van der Waals surface area contributed by atoms with Gasteiger partial charge in [-0.2, -0.15) is 0 Å². The summed E-state index contributed by atoms with van der Waals surface area (Å²) >= 11 is 6.04. The molecule has 35 heavy (non-hydrogen) atoms. The van der Waals surface area contributed by atoms with Crippen LogP contribution in [0.5, 0.6) is 5.75 Å². The van der Waals surface area contributed by atoms with Gasteiger partial charge in [-0.1, -0.05) is 54.1 Å². The number of allylic oxidation sites excluding steroid dienone is 1. The highest BCUT2D eigenvalue weighted by molar-refractivity contribution is 6.31. The number of furan rings is 1. The van der Waals surface area contributed by atoms with Crippen LogP contribution in [0, 0.1) is 0 Å². The van der Waals surface area contributed by atoms with E-state index in [1.165, 1.54) is 10.8 Å². The molecular weight excluding hydrogens is 458 g/mol. The number of hydrogen-bond donors (Lipinski definition) is 1. The summed E-state index contributed by atoms with van der Waals surface area (Å²) in [5.74, 6) is 0.429. The maximum Gasteiger partial charge on any atom is 0.248 e. The molecule has 0 aliphatic rings. The number of fused-ring (bicyclic) bond motifs is 2. The molecule has 0 spiro atoms. The van der Waals surface area contributed by atoms with Gasteiger partial charge in [0.2, 0.25) is 5.91 Å². The van der Waals surface area contributed by atoms with Gasteiger partial charge in [0.1, 0.15) is 11.3 Å². The van der Waals surface area contributed by atoms with Crippen molar-refractivity contribution in [2.24, 2.45) is 0 Å². The molecule has 1 heterocycles. The third-order valence-electron chi connectivity index (χ3n) is 5.90. The molecule has 1 aromatic heterocycles. The van der Waals surface area contributed by atoms with Gasteiger partial charge in [-0.3, -0.25) is 4.79 Å². The Morgan fingerprint density at radius 3 is 2.63 bits per heavy atom. The van der Waals surface area contributed by atoms with Crippen molar-refractivity contribution in [3.63, 3.8) is 0 Å². The van der Waals surface area contributed by atoms with Crippen molar-refractivity contribution in [2.45, 2.75) is 13.8 Å². The number of carbonyl (C=O) groups excluding carboxylic acids is 1. The van der Waals surface area contributed by atoms with Crippen LogP contribution in [0.2, 0.25) is 5.02 Å². The van der Waals surface area contributed by atoms with Crippen molar-refractivity contribution in [2.75, 3.05) is 11.9 Å². The molecule has 0 atom stereocenters. The molecule has 174 valence electrons. The molecule has 0 unspecified atom stereocenters. The number of ether oxygens (including phenoxy) is 1. The Morgan fingerprint density at radius 1 is 1.00 bits per heavy atom. The van der Waals surface area contributed by atoms with Crippen LogP contribution in [-0.4, -0.2) is 12.5 Å². The Labute approximate surface area is 208 Å². The first-order chi connectivity index (χ1) is 17.0. The molecule has 0 saturated heterocycles. The highest BCUT2D eigenvalue weighted by Gasteiger charge is 2.16. The number of hydrogen-bond acceptors (Lipinski definition) is 3. The third-order valence-corrected chi connectivity index (χ3v) is 6.14. The summed E-state index contributed by atoms with van der Waals surface area (Å²) in [6.45, 7) is 4.33. The van der Waals surface area contributed by atoms with E-state index in [9.17, 15) is 4.79 Å². The maximum absolute atomic E-state index is 12.7. The minimum Gasteiger partial charge on any atom is -0.493 e. The van der Waals surface area contributed by atoms with Crippen LogP contribution in [0.4, 0.5) is 5.69 Å². The Balaban J connectivity index is 1.55. The molecule has 5 aromatic rings. The van der Waals surface area contributed by atoms with Crippen molar-refractivity contribution in [1.29, 1.82) is 0 Å². The summed E-state index contributed by atoms with van der Waals surface area (Å²) in [6, 6.07) is 25.6. The first kappa shape index (κ1) is 22.8. The SMILES string of the molecule is CCOc1cc2occ(-c3ccc4ccccc4c3)c2cc1/C(C)=C/C(=O)Nc1cccc(Cl)c1. The van der Waals surface area contributed by atoms with Crippen LogP contribution < -0.4 is 10.1 Å². The van der Waals surface area contributed by atoms with Gasteiger partial charge < -0.3 is 14.5 Å². The Bertz CT molecular complexity index is 1580. The van der Waals surface area contributed by atoms with Crippen LogP contribution in [0.25, 0.3) is 38.4 Å². The van der Waals surface area contributed by atoms with Gasteiger partial charge in [-0.25, -0.2) is 0 Å². The Kier molecular flexibility index (Phi) is 6.30. The van der Waals surface area contributed by atoms with Gasteiger partial charge in [0, 0.05) is 39.4 Å². The predicted octanol–water partition coefficient (Wildman–Crippen LogP) is 8.35. The average molecular weight is 482 g/mol. The minimum atomic E-state index is -0.241. The van der Waals surface area contributed by atoms with E-state index in [0.717, 1.165) is 33.2 Å². The lowest BCUT2D eigenvalue weighted by molar-refractivity contribution is -0.111. The van der Waals surface area contributed by atoms with Crippen LogP contribution >= 0.6 is 11.6 Å². The fraction of sp³-hybridized carbons (Fsp3) is 0.100. The lowest BCUT2D eigenvalue weighted by Gasteiger charge is -2.12. The van der Waals surface area contributed by atoms with E-state index in [1.807, 2.05) is 38.1 Å². The fourth-order valence-electron chi connectivity index (χ4n) is 4.24. The standard InChI is InChI=1S/C30H24ClNO3/c1-3-34-28-17-29-26(27(18-35-29)22-12-11-20-7-4-5-8-21(20)14-22)16-25(28)19(2)13-30(33)32-24-10-6-9-23(31)15-24/h4-18H,3H2,1-2H3,(H,32,33)/b19-13+. The topological polar surface area (TPSA) is 51.5 Å². The molecule has 0 aliphatic heterocycles. The first-order valence-corrected chi connectivity index (χ1v) is 11.8. The second-order valence-corrected chi connectivity index (χ2v) is 8.75. The molecule has 0 aliphatic carbocycles. The van der Waals surface area contributed by atoms with Crippen molar-refractivity contribution in [3.8, 4) is 16.9 Å². The van der Waals surface area contributed by atoms with Crippen LogP contribution in [-0.2, 0) is 4.79 Å². The van der Waals surface area contributed by atoms with E-state index in [0.29, 0.717) is 23.1 Å². The van der Waals surface area contributed by atoms with Crippen LogP contribution in [0.1, 0.15) is 19.4 Å².